The first-order valence-corrected chi connectivity index (χ1v) is 12.0. The van der Waals surface area contributed by atoms with Crippen LogP contribution in [-0.4, -0.2) is 65.1 Å². The van der Waals surface area contributed by atoms with Crippen molar-refractivity contribution in [3.8, 4) is 0 Å². The third-order valence-corrected chi connectivity index (χ3v) is 5.76. The van der Waals surface area contributed by atoms with Gasteiger partial charge in [-0.15, -0.1) is 0 Å². The number of alkyl carbamates (subject to hydrolysis) is 1. The highest BCUT2D eigenvalue weighted by Crippen LogP contribution is 2.22. The van der Waals surface area contributed by atoms with Crippen molar-refractivity contribution in [3.63, 3.8) is 0 Å². The number of aliphatic hydroxyl groups excluding tert-OH is 2. The van der Waals surface area contributed by atoms with Crippen LogP contribution in [0.3, 0.4) is 0 Å². The molecule has 1 saturated carbocycles. The number of amides is 3. The molecule has 9 heteroatoms. The lowest BCUT2D eigenvalue weighted by molar-refractivity contribution is -0.133. The van der Waals surface area contributed by atoms with E-state index in [1.54, 1.807) is 20.8 Å². The lowest BCUT2D eigenvalue weighted by Crippen LogP contribution is -2.57. The monoisotopic (exact) mass is 477 g/mol. The Kier molecular flexibility index (Phi) is 10.8. The Bertz CT molecular complexity index is 790. The van der Waals surface area contributed by atoms with Crippen molar-refractivity contribution in [1.29, 1.82) is 0 Å². The van der Waals surface area contributed by atoms with Gasteiger partial charge in [0, 0.05) is 6.54 Å². The number of hydrogen-bond donors (Lipinski definition) is 5. The lowest BCUT2D eigenvalue weighted by Gasteiger charge is -2.28. The van der Waals surface area contributed by atoms with Crippen molar-refractivity contribution < 1.29 is 29.3 Å². The molecule has 1 aromatic rings. The van der Waals surface area contributed by atoms with Gasteiger partial charge in [0.2, 0.25) is 5.91 Å². The molecule has 5 N–H and O–H groups in total. The SMILES string of the molecule is CC(C)(C)OC(=O)N[C@@H](CO)C(=O)NC(Cc1ccccc1)C(O)C(=O)NCC1CCCCC1. The molecule has 0 saturated heterocycles. The Morgan fingerprint density at radius 3 is 2.26 bits per heavy atom. The summed E-state index contributed by atoms with van der Waals surface area (Å²) in [4.78, 5) is 37.6. The zero-order valence-electron chi connectivity index (χ0n) is 20.4. The fourth-order valence-corrected chi connectivity index (χ4v) is 3.96. The molecule has 2 rings (SSSR count). The second kappa shape index (κ2) is 13.3. The molecule has 1 aliphatic rings. The van der Waals surface area contributed by atoms with Crippen molar-refractivity contribution >= 4 is 17.9 Å². The first kappa shape index (κ1) is 27.6. The molecular formula is C25H39N3O6. The van der Waals surface area contributed by atoms with E-state index in [-0.39, 0.29) is 6.42 Å². The minimum atomic E-state index is -1.51. The maximum Gasteiger partial charge on any atom is 0.408 e. The quantitative estimate of drug-likeness (QED) is 0.348. The Hall–Kier alpha value is -2.65. The first-order chi connectivity index (χ1) is 16.1. The van der Waals surface area contributed by atoms with E-state index in [0.717, 1.165) is 31.2 Å². The summed E-state index contributed by atoms with van der Waals surface area (Å²) in [5, 5.41) is 28.2. The molecular weight excluding hydrogens is 438 g/mol. The Balaban J connectivity index is 2.05. The van der Waals surface area contributed by atoms with Crippen molar-refractivity contribution in [2.24, 2.45) is 5.92 Å². The number of hydrogen-bond acceptors (Lipinski definition) is 6. The molecule has 9 nitrogen and oxygen atoms in total. The summed E-state index contributed by atoms with van der Waals surface area (Å²) in [6.45, 7) is 4.85. The van der Waals surface area contributed by atoms with Gasteiger partial charge < -0.3 is 30.9 Å². The number of carbonyl (C=O) groups excluding carboxylic acids is 3. The summed E-state index contributed by atoms with van der Waals surface area (Å²) in [6, 6.07) is 6.88. The maximum absolute atomic E-state index is 12.8. The zero-order chi connectivity index (χ0) is 25.1. The fraction of sp³-hybridized carbons (Fsp3) is 0.640. The van der Waals surface area contributed by atoms with E-state index in [2.05, 4.69) is 16.0 Å². The van der Waals surface area contributed by atoms with Gasteiger partial charge in [-0.25, -0.2) is 4.79 Å². The molecule has 0 aromatic heterocycles. The molecule has 2 unspecified atom stereocenters. The zero-order valence-corrected chi connectivity index (χ0v) is 20.4. The van der Waals surface area contributed by atoms with Crippen LogP contribution in [-0.2, 0) is 20.7 Å². The molecule has 1 aromatic carbocycles. The van der Waals surface area contributed by atoms with Crippen molar-refractivity contribution in [3.05, 3.63) is 35.9 Å². The van der Waals surface area contributed by atoms with Crippen LogP contribution in [0.5, 0.6) is 0 Å². The number of carbonyl (C=O) groups is 3. The minimum absolute atomic E-state index is 0.190. The predicted molar refractivity (Wildman–Crippen MR) is 128 cm³/mol. The number of nitrogens with one attached hydrogen (secondary N) is 3. The summed E-state index contributed by atoms with van der Waals surface area (Å²) in [6.07, 6.45) is 3.42. The van der Waals surface area contributed by atoms with Gasteiger partial charge in [0.1, 0.15) is 11.6 Å². The van der Waals surface area contributed by atoms with E-state index in [1.165, 1.54) is 6.42 Å². The highest BCUT2D eigenvalue weighted by atomic mass is 16.6. The van der Waals surface area contributed by atoms with Crippen LogP contribution in [0.2, 0.25) is 0 Å². The summed E-state index contributed by atoms with van der Waals surface area (Å²) in [5.41, 5.74) is 0.0378. The van der Waals surface area contributed by atoms with Gasteiger partial charge in [-0.2, -0.15) is 0 Å². The van der Waals surface area contributed by atoms with Gasteiger partial charge in [0.05, 0.1) is 12.6 Å². The topological polar surface area (TPSA) is 137 Å². The van der Waals surface area contributed by atoms with E-state index in [1.807, 2.05) is 30.3 Å². The van der Waals surface area contributed by atoms with Crippen LogP contribution in [0.1, 0.15) is 58.4 Å². The second-order valence-corrected chi connectivity index (χ2v) is 9.88. The molecule has 3 atom stereocenters. The third kappa shape index (κ3) is 9.69. The molecule has 0 radical (unpaired) electrons. The number of rotatable bonds is 10. The molecule has 0 bridgehead atoms. The highest BCUT2D eigenvalue weighted by molar-refractivity contribution is 5.87. The summed E-state index contributed by atoms with van der Waals surface area (Å²) in [5.74, 6) is -0.898. The van der Waals surface area contributed by atoms with E-state index in [9.17, 15) is 24.6 Å². The van der Waals surface area contributed by atoms with Gasteiger partial charge in [0.25, 0.3) is 5.91 Å². The molecule has 0 aliphatic heterocycles. The fourth-order valence-electron chi connectivity index (χ4n) is 3.96. The lowest BCUT2D eigenvalue weighted by atomic mass is 9.89. The Morgan fingerprint density at radius 2 is 1.68 bits per heavy atom. The molecule has 1 fully saturated rings. The second-order valence-electron chi connectivity index (χ2n) is 9.88. The van der Waals surface area contributed by atoms with Gasteiger partial charge in [0.15, 0.2) is 6.10 Å². The average Bonchev–Trinajstić information content (AvgIpc) is 2.80. The number of benzene rings is 1. The summed E-state index contributed by atoms with van der Waals surface area (Å²) >= 11 is 0. The van der Waals surface area contributed by atoms with Gasteiger partial charge in [-0.1, -0.05) is 49.6 Å². The molecule has 190 valence electrons. The van der Waals surface area contributed by atoms with Gasteiger partial charge in [-0.3, -0.25) is 9.59 Å². The van der Waals surface area contributed by atoms with Crippen LogP contribution in [0.4, 0.5) is 4.79 Å². The molecule has 34 heavy (non-hydrogen) atoms. The van der Waals surface area contributed by atoms with Gasteiger partial charge in [-0.05, 0) is 51.5 Å². The van der Waals surface area contributed by atoms with Crippen molar-refractivity contribution in [1.82, 2.24) is 16.0 Å². The van der Waals surface area contributed by atoms with Crippen LogP contribution in [0.25, 0.3) is 0 Å². The summed E-state index contributed by atoms with van der Waals surface area (Å²) < 4.78 is 5.14. The van der Waals surface area contributed by atoms with Crippen molar-refractivity contribution in [2.75, 3.05) is 13.2 Å². The number of aliphatic hydroxyl groups is 2. The van der Waals surface area contributed by atoms with Crippen molar-refractivity contribution in [2.45, 2.75) is 83.1 Å². The largest absolute Gasteiger partial charge is 0.444 e. The standard InChI is InChI=1S/C25H39N3O6/c1-25(2,3)34-24(33)28-20(16-29)22(31)27-19(14-17-10-6-4-7-11-17)21(30)23(32)26-15-18-12-8-5-9-13-18/h4,6-7,10-11,18-21,29-30H,5,8-9,12-16H2,1-3H3,(H,26,32)(H,27,31)(H,28,33)/t19?,20-,21?/m0/s1. The van der Waals surface area contributed by atoms with Crippen LogP contribution < -0.4 is 16.0 Å². The average molecular weight is 478 g/mol. The smallest absolute Gasteiger partial charge is 0.408 e. The minimum Gasteiger partial charge on any atom is -0.444 e. The normalized spacial score (nSPS) is 17.2. The molecule has 3 amide bonds. The molecule has 0 spiro atoms. The number of ether oxygens (including phenoxy) is 1. The predicted octanol–water partition coefficient (Wildman–Crippen LogP) is 1.66. The molecule has 0 heterocycles. The third-order valence-electron chi connectivity index (χ3n) is 5.76. The van der Waals surface area contributed by atoms with Crippen LogP contribution in [0.15, 0.2) is 30.3 Å². The van der Waals surface area contributed by atoms with E-state index >= 15 is 0 Å². The summed E-state index contributed by atoms with van der Waals surface area (Å²) in [7, 11) is 0. The van der Waals surface area contributed by atoms with Gasteiger partial charge >= 0.3 is 6.09 Å². The van der Waals surface area contributed by atoms with E-state index in [4.69, 9.17) is 4.74 Å². The van der Waals surface area contributed by atoms with Crippen LogP contribution in [0, 0.1) is 5.92 Å². The van der Waals surface area contributed by atoms with Crippen LogP contribution >= 0.6 is 0 Å². The highest BCUT2D eigenvalue weighted by Gasteiger charge is 2.31. The molecule has 1 aliphatic carbocycles. The Labute approximate surface area is 201 Å². The first-order valence-electron chi connectivity index (χ1n) is 12.0. The van der Waals surface area contributed by atoms with E-state index in [0.29, 0.717) is 12.5 Å². The Morgan fingerprint density at radius 1 is 1.03 bits per heavy atom. The maximum atomic E-state index is 12.8. The van der Waals surface area contributed by atoms with E-state index < -0.39 is 48.3 Å².